The van der Waals surface area contributed by atoms with Crippen LogP contribution in [-0.4, -0.2) is 18.4 Å². The number of nitro groups is 1. The molecule has 80 valence electrons. The van der Waals surface area contributed by atoms with Gasteiger partial charge in [-0.3, -0.25) is 10.1 Å². The van der Waals surface area contributed by atoms with Gasteiger partial charge in [0.15, 0.2) is 6.40 Å². The highest BCUT2D eigenvalue weighted by Crippen LogP contribution is 2.30. The third kappa shape index (κ3) is 2.31. The lowest BCUT2D eigenvalue weighted by Gasteiger charge is -2.04. The first-order valence-corrected chi connectivity index (χ1v) is 4.38. The highest BCUT2D eigenvalue weighted by atomic mass is 16.6. The van der Waals surface area contributed by atoms with Gasteiger partial charge in [0.05, 0.1) is 23.3 Å². The Bertz CT molecular complexity index is 413. The molecular formula is C10H12N2O3. The van der Waals surface area contributed by atoms with Gasteiger partial charge in [-0.2, -0.15) is 0 Å². The van der Waals surface area contributed by atoms with Crippen LogP contribution in [0.5, 0.6) is 0 Å². The maximum absolute atomic E-state index is 10.7. The zero-order valence-electron chi connectivity index (χ0n) is 8.85. The van der Waals surface area contributed by atoms with E-state index in [4.69, 9.17) is 4.74 Å². The van der Waals surface area contributed by atoms with E-state index in [0.29, 0.717) is 11.3 Å². The van der Waals surface area contributed by atoms with E-state index in [2.05, 4.69) is 4.99 Å². The lowest BCUT2D eigenvalue weighted by Crippen LogP contribution is -1.93. The summed E-state index contributed by atoms with van der Waals surface area (Å²) in [4.78, 5) is 14.3. The molecule has 0 N–H and O–H groups in total. The minimum atomic E-state index is -0.416. The zero-order chi connectivity index (χ0) is 11.4. The first-order chi connectivity index (χ1) is 7.07. The van der Waals surface area contributed by atoms with Crippen molar-refractivity contribution in [3.63, 3.8) is 0 Å². The van der Waals surface area contributed by atoms with Crippen molar-refractivity contribution < 1.29 is 9.66 Å². The van der Waals surface area contributed by atoms with E-state index >= 15 is 0 Å². The molecule has 0 aliphatic heterocycles. The topological polar surface area (TPSA) is 64.7 Å². The number of nitrogens with zero attached hydrogens (tertiary/aromatic N) is 2. The minimum absolute atomic E-state index is 0.0730. The average Bonchev–Trinajstić information content (AvgIpc) is 2.17. The monoisotopic (exact) mass is 208 g/mol. The van der Waals surface area contributed by atoms with Crippen LogP contribution in [0, 0.1) is 24.0 Å². The average molecular weight is 208 g/mol. The van der Waals surface area contributed by atoms with Gasteiger partial charge >= 0.3 is 0 Å². The number of aryl methyl sites for hydroxylation is 1. The first-order valence-electron chi connectivity index (χ1n) is 4.38. The quantitative estimate of drug-likeness (QED) is 0.332. The van der Waals surface area contributed by atoms with Crippen molar-refractivity contribution in [1.82, 2.24) is 0 Å². The van der Waals surface area contributed by atoms with E-state index in [1.54, 1.807) is 13.0 Å². The van der Waals surface area contributed by atoms with Crippen LogP contribution in [0.4, 0.5) is 11.4 Å². The molecule has 0 amide bonds. The second kappa shape index (κ2) is 4.54. The molecule has 0 bridgehead atoms. The van der Waals surface area contributed by atoms with E-state index in [1.165, 1.54) is 19.6 Å². The fourth-order valence-corrected chi connectivity index (χ4v) is 1.33. The molecule has 0 fully saturated rings. The SMILES string of the molecule is COC=Nc1c(C)ccc([N+](=O)[O-])c1C. The summed E-state index contributed by atoms with van der Waals surface area (Å²) in [7, 11) is 1.48. The number of benzene rings is 1. The molecule has 1 aromatic rings. The Balaban J connectivity index is 3.30. The van der Waals surface area contributed by atoms with E-state index in [-0.39, 0.29) is 5.69 Å². The van der Waals surface area contributed by atoms with Crippen molar-refractivity contribution in [2.75, 3.05) is 7.11 Å². The van der Waals surface area contributed by atoms with Crippen LogP contribution in [0.1, 0.15) is 11.1 Å². The van der Waals surface area contributed by atoms with Crippen LogP contribution < -0.4 is 0 Å². The van der Waals surface area contributed by atoms with Gasteiger partial charge in [-0.25, -0.2) is 4.99 Å². The van der Waals surface area contributed by atoms with Crippen LogP contribution in [0.2, 0.25) is 0 Å². The maximum atomic E-state index is 10.7. The number of nitro benzene ring substituents is 1. The van der Waals surface area contributed by atoms with Crippen LogP contribution in [0.3, 0.4) is 0 Å². The molecule has 0 aliphatic carbocycles. The van der Waals surface area contributed by atoms with Gasteiger partial charge in [-0.15, -0.1) is 0 Å². The Morgan fingerprint density at radius 1 is 1.47 bits per heavy atom. The molecule has 0 aromatic heterocycles. The summed E-state index contributed by atoms with van der Waals surface area (Å²) in [6, 6.07) is 3.16. The second-order valence-corrected chi connectivity index (χ2v) is 3.10. The van der Waals surface area contributed by atoms with E-state index in [9.17, 15) is 10.1 Å². The molecule has 0 atom stereocenters. The molecule has 0 unspecified atom stereocenters. The second-order valence-electron chi connectivity index (χ2n) is 3.10. The smallest absolute Gasteiger partial charge is 0.274 e. The first kappa shape index (κ1) is 11.2. The Labute approximate surface area is 87.6 Å². The van der Waals surface area contributed by atoms with Gasteiger partial charge < -0.3 is 4.74 Å². The Morgan fingerprint density at radius 2 is 2.13 bits per heavy atom. The van der Waals surface area contributed by atoms with Crippen molar-refractivity contribution >= 4 is 17.8 Å². The predicted octanol–water partition coefficient (Wildman–Crippen LogP) is 2.52. The van der Waals surface area contributed by atoms with E-state index in [1.807, 2.05) is 6.92 Å². The molecule has 15 heavy (non-hydrogen) atoms. The molecule has 0 spiro atoms. The molecule has 5 heteroatoms. The Hall–Kier alpha value is -1.91. The zero-order valence-corrected chi connectivity index (χ0v) is 8.85. The van der Waals surface area contributed by atoms with Gasteiger partial charge in [0.25, 0.3) is 5.69 Å². The van der Waals surface area contributed by atoms with Gasteiger partial charge in [-0.1, -0.05) is 6.07 Å². The summed E-state index contributed by atoms with van der Waals surface area (Å²) in [6.07, 6.45) is 1.26. The minimum Gasteiger partial charge on any atom is -0.486 e. The molecule has 0 saturated heterocycles. The number of hydrogen-bond donors (Lipinski definition) is 0. The third-order valence-corrected chi connectivity index (χ3v) is 2.09. The van der Waals surface area contributed by atoms with Crippen molar-refractivity contribution in [1.29, 1.82) is 0 Å². The molecule has 0 heterocycles. The normalized spacial score (nSPS) is 10.6. The third-order valence-electron chi connectivity index (χ3n) is 2.09. The van der Waals surface area contributed by atoms with Crippen molar-refractivity contribution in [3.8, 4) is 0 Å². The Kier molecular flexibility index (Phi) is 3.38. The van der Waals surface area contributed by atoms with Gasteiger partial charge in [0.1, 0.15) is 0 Å². The summed E-state index contributed by atoms with van der Waals surface area (Å²) in [5.41, 5.74) is 2.09. The van der Waals surface area contributed by atoms with Crippen LogP contribution in [0.25, 0.3) is 0 Å². The lowest BCUT2D eigenvalue weighted by molar-refractivity contribution is -0.385. The molecular weight excluding hydrogens is 196 g/mol. The molecule has 5 nitrogen and oxygen atoms in total. The van der Waals surface area contributed by atoms with Gasteiger partial charge in [-0.05, 0) is 19.4 Å². The fourth-order valence-electron chi connectivity index (χ4n) is 1.33. The molecule has 1 aromatic carbocycles. The largest absolute Gasteiger partial charge is 0.486 e. The van der Waals surface area contributed by atoms with Crippen LogP contribution in [-0.2, 0) is 4.74 Å². The van der Waals surface area contributed by atoms with Crippen LogP contribution >= 0.6 is 0 Å². The summed E-state index contributed by atoms with van der Waals surface area (Å²) in [6.45, 7) is 3.52. The molecule has 0 saturated carbocycles. The predicted molar refractivity (Wildman–Crippen MR) is 57.7 cm³/mol. The molecule has 0 aliphatic rings. The number of hydrogen-bond acceptors (Lipinski definition) is 4. The number of ether oxygens (including phenoxy) is 1. The number of rotatable bonds is 3. The highest BCUT2D eigenvalue weighted by Gasteiger charge is 2.14. The Morgan fingerprint density at radius 3 is 2.67 bits per heavy atom. The number of aliphatic imine (C=N–C) groups is 1. The summed E-state index contributed by atoms with van der Waals surface area (Å²) in [5, 5.41) is 10.7. The molecule has 0 radical (unpaired) electrons. The lowest BCUT2D eigenvalue weighted by atomic mass is 10.1. The van der Waals surface area contributed by atoms with Gasteiger partial charge in [0.2, 0.25) is 0 Å². The highest BCUT2D eigenvalue weighted by molar-refractivity contribution is 5.66. The van der Waals surface area contributed by atoms with Gasteiger partial charge in [0, 0.05) is 6.07 Å². The maximum Gasteiger partial charge on any atom is 0.274 e. The standard InChI is InChI=1S/C10H12N2O3/c1-7-4-5-9(12(13)14)8(2)10(7)11-6-15-3/h4-6H,1-3H3. The number of methoxy groups -OCH3 is 1. The van der Waals surface area contributed by atoms with Crippen molar-refractivity contribution in [3.05, 3.63) is 33.4 Å². The van der Waals surface area contributed by atoms with E-state index < -0.39 is 4.92 Å². The van der Waals surface area contributed by atoms with Crippen molar-refractivity contribution in [2.24, 2.45) is 4.99 Å². The molecule has 1 rings (SSSR count). The summed E-state index contributed by atoms with van der Waals surface area (Å²) < 4.78 is 4.69. The fraction of sp³-hybridized carbons (Fsp3) is 0.300. The summed E-state index contributed by atoms with van der Waals surface area (Å²) in [5.74, 6) is 0. The van der Waals surface area contributed by atoms with Crippen molar-refractivity contribution in [2.45, 2.75) is 13.8 Å². The van der Waals surface area contributed by atoms with E-state index in [0.717, 1.165) is 5.56 Å². The summed E-state index contributed by atoms with van der Waals surface area (Å²) >= 11 is 0. The van der Waals surface area contributed by atoms with Crippen LogP contribution in [0.15, 0.2) is 17.1 Å².